The van der Waals surface area contributed by atoms with Gasteiger partial charge < -0.3 is 10.4 Å². The third-order valence-corrected chi connectivity index (χ3v) is 3.65. The summed E-state index contributed by atoms with van der Waals surface area (Å²) in [6, 6.07) is 11.7. The van der Waals surface area contributed by atoms with E-state index < -0.39 is 0 Å². The highest BCUT2D eigenvalue weighted by atomic mass is 16.3. The smallest absolute Gasteiger partial charge is 0.234 e. The van der Waals surface area contributed by atoms with Gasteiger partial charge in [-0.3, -0.25) is 14.7 Å². The molecule has 122 valence electrons. The lowest BCUT2D eigenvalue weighted by Crippen LogP contribution is -2.38. The number of carbonyl (C=O) groups excluding carboxylic acids is 1. The number of hydrogen-bond donors (Lipinski definition) is 2. The van der Waals surface area contributed by atoms with Crippen LogP contribution in [0.15, 0.2) is 48.8 Å². The van der Waals surface area contributed by atoms with E-state index in [9.17, 15) is 4.79 Å². The lowest BCUT2D eigenvalue weighted by molar-refractivity contribution is -0.122. The van der Waals surface area contributed by atoms with E-state index in [0.717, 1.165) is 11.1 Å². The van der Waals surface area contributed by atoms with E-state index in [1.807, 2.05) is 50.4 Å². The molecule has 0 bridgehead atoms. The van der Waals surface area contributed by atoms with E-state index in [0.29, 0.717) is 6.54 Å². The summed E-state index contributed by atoms with van der Waals surface area (Å²) in [5, 5.41) is 12.0. The molecule has 0 radical (unpaired) electrons. The summed E-state index contributed by atoms with van der Waals surface area (Å²) in [5.74, 6) is -0.0802. The minimum atomic E-state index is -0.214. The molecule has 0 saturated carbocycles. The number of nitrogens with one attached hydrogen (secondary N) is 1. The minimum absolute atomic E-state index is 0.0372. The van der Waals surface area contributed by atoms with Crippen molar-refractivity contribution in [2.75, 3.05) is 26.7 Å². The first kappa shape index (κ1) is 17.1. The average molecular weight is 313 g/mol. The summed E-state index contributed by atoms with van der Waals surface area (Å²) >= 11 is 0. The Morgan fingerprint density at radius 1 is 1.17 bits per heavy atom. The molecule has 1 amide bonds. The number of pyridine rings is 1. The zero-order valence-electron chi connectivity index (χ0n) is 13.6. The van der Waals surface area contributed by atoms with Crippen LogP contribution >= 0.6 is 0 Å². The zero-order valence-corrected chi connectivity index (χ0v) is 13.6. The quantitative estimate of drug-likeness (QED) is 0.813. The standard InChI is InChI=1S/C18H23N3O2/c1-14-3-5-15(6-4-14)18(16-7-9-19-10-8-16)20-17(23)13-21(2)11-12-22/h3-10,18,22H,11-13H2,1-2H3,(H,20,23). The van der Waals surface area contributed by atoms with Gasteiger partial charge in [0.2, 0.25) is 5.91 Å². The van der Waals surface area contributed by atoms with Crippen molar-refractivity contribution < 1.29 is 9.90 Å². The van der Waals surface area contributed by atoms with E-state index in [1.165, 1.54) is 5.56 Å². The number of aliphatic hydroxyl groups is 1. The van der Waals surface area contributed by atoms with Gasteiger partial charge in [0.1, 0.15) is 0 Å². The summed E-state index contributed by atoms with van der Waals surface area (Å²) in [7, 11) is 1.81. The third kappa shape index (κ3) is 5.16. The summed E-state index contributed by atoms with van der Waals surface area (Å²) in [6.45, 7) is 2.79. The fraction of sp³-hybridized carbons (Fsp3) is 0.333. The summed E-state index contributed by atoms with van der Waals surface area (Å²) in [4.78, 5) is 18.1. The first-order valence-electron chi connectivity index (χ1n) is 7.65. The van der Waals surface area contributed by atoms with Crippen molar-refractivity contribution in [3.63, 3.8) is 0 Å². The van der Waals surface area contributed by atoms with Gasteiger partial charge in [0.25, 0.3) is 0 Å². The molecule has 23 heavy (non-hydrogen) atoms. The Hall–Kier alpha value is -2.24. The normalized spacial score (nSPS) is 12.2. The Morgan fingerprint density at radius 2 is 1.78 bits per heavy atom. The second kappa shape index (κ2) is 8.41. The monoisotopic (exact) mass is 313 g/mol. The Kier molecular flexibility index (Phi) is 6.26. The third-order valence-electron chi connectivity index (χ3n) is 3.65. The molecule has 0 saturated heterocycles. The Labute approximate surface area is 137 Å². The topological polar surface area (TPSA) is 65.5 Å². The van der Waals surface area contributed by atoms with Crippen molar-refractivity contribution in [1.82, 2.24) is 15.2 Å². The SMILES string of the molecule is Cc1ccc(C(NC(=O)CN(C)CCO)c2ccncc2)cc1. The molecule has 0 aliphatic heterocycles. The van der Waals surface area contributed by atoms with Crippen molar-refractivity contribution in [2.24, 2.45) is 0 Å². The molecule has 2 rings (SSSR count). The molecule has 1 aromatic heterocycles. The highest BCUT2D eigenvalue weighted by Crippen LogP contribution is 2.21. The summed E-state index contributed by atoms with van der Waals surface area (Å²) < 4.78 is 0. The van der Waals surface area contributed by atoms with Crippen LogP contribution in [0.25, 0.3) is 0 Å². The van der Waals surface area contributed by atoms with Crippen molar-refractivity contribution >= 4 is 5.91 Å². The molecule has 2 aromatic rings. The fourth-order valence-corrected chi connectivity index (χ4v) is 2.38. The largest absolute Gasteiger partial charge is 0.395 e. The van der Waals surface area contributed by atoms with Crippen molar-refractivity contribution in [3.05, 3.63) is 65.5 Å². The minimum Gasteiger partial charge on any atom is -0.395 e. The number of aromatic nitrogens is 1. The van der Waals surface area contributed by atoms with Crippen molar-refractivity contribution in [1.29, 1.82) is 0 Å². The number of benzene rings is 1. The van der Waals surface area contributed by atoms with E-state index in [4.69, 9.17) is 5.11 Å². The second-order valence-electron chi connectivity index (χ2n) is 5.65. The van der Waals surface area contributed by atoms with Crippen LogP contribution in [-0.2, 0) is 4.79 Å². The van der Waals surface area contributed by atoms with Crippen LogP contribution in [0.4, 0.5) is 0 Å². The maximum atomic E-state index is 12.3. The summed E-state index contributed by atoms with van der Waals surface area (Å²) in [5.41, 5.74) is 3.19. The van der Waals surface area contributed by atoms with E-state index in [-0.39, 0.29) is 25.1 Å². The molecule has 0 spiro atoms. The second-order valence-corrected chi connectivity index (χ2v) is 5.65. The molecule has 0 aliphatic carbocycles. The van der Waals surface area contributed by atoms with E-state index >= 15 is 0 Å². The van der Waals surface area contributed by atoms with Crippen LogP contribution in [0.1, 0.15) is 22.7 Å². The van der Waals surface area contributed by atoms with Gasteiger partial charge in [-0.1, -0.05) is 29.8 Å². The van der Waals surface area contributed by atoms with Crippen molar-refractivity contribution in [3.8, 4) is 0 Å². The van der Waals surface area contributed by atoms with Gasteiger partial charge in [0, 0.05) is 18.9 Å². The van der Waals surface area contributed by atoms with Gasteiger partial charge in [-0.2, -0.15) is 0 Å². The number of aliphatic hydroxyl groups excluding tert-OH is 1. The number of likely N-dealkylation sites (N-methyl/N-ethyl adjacent to an activating group) is 1. The maximum Gasteiger partial charge on any atom is 0.234 e. The molecule has 1 atom stereocenters. The molecule has 0 aliphatic rings. The maximum absolute atomic E-state index is 12.3. The van der Waals surface area contributed by atoms with Crippen LogP contribution in [0, 0.1) is 6.92 Å². The van der Waals surface area contributed by atoms with E-state index in [2.05, 4.69) is 10.3 Å². The first-order valence-corrected chi connectivity index (χ1v) is 7.65. The molecule has 1 aromatic carbocycles. The predicted octanol–water partition coefficient (Wildman–Crippen LogP) is 1.52. The van der Waals surface area contributed by atoms with Gasteiger partial charge in [0.05, 0.1) is 19.2 Å². The average Bonchev–Trinajstić information content (AvgIpc) is 2.54. The van der Waals surface area contributed by atoms with Gasteiger partial charge in [0.15, 0.2) is 0 Å². The number of nitrogens with zero attached hydrogens (tertiary/aromatic N) is 2. The Morgan fingerprint density at radius 3 is 2.39 bits per heavy atom. The van der Waals surface area contributed by atoms with Gasteiger partial charge in [-0.15, -0.1) is 0 Å². The van der Waals surface area contributed by atoms with Crippen LogP contribution in [0.3, 0.4) is 0 Å². The van der Waals surface area contributed by atoms with Crippen LogP contribution in [0.2, 0.25) is 0 Å². The number of hydrogen-bond acceptors (Lipinski definition) is 4. The van der Waals surface area contributed by atoms with Crippen LogP contribution in [-0.4, -0.2) is 47.6 Å². The Bertz CT molecular complexity index is 614. The van der Waals surface area contributed by atoms with Gasteiger partial charge >= 0.3 is 0 Å². The van der Waals surface area contributed by atoms with Gasteiger partial charge in [-0.05, 0) is 37.2 Å². The molecular formula is C18H23N3O2. The Balaban J connectivity index is 2.17. The molecule has 5 nitrogen and oxygen atoms in total. The summed E-state index contributed by atoms with van der Waals surface area (Å²) in [6.07, 6.45) is 3.45. The first-order chi connectivity index (χ1) is 11.1. The number of carbonyl (C=O) groups is 1. The highest BCUT2D eigenvalue weighted by molar-refractivity contribution is 5.79. The highest BCUT2D eigenvalue weighted by Gasteiger charge is 2.17. The number of rotatable bonds is 7. The molecule has 1 unspecified atom stereocenters. The molecule has 5 heteroatoms. The van der Waals surface area contributed by atoms with Gasteiger partial charge in [-0.25, -0.2) is 0 Å². The lowest BCUT2D eigenvalue weighted by Gasteiger charge is -2.22. The molecular weight excluding hydrogens is 290 g/mol. The molecule has 1 heterocycles. The lowest BCUT2D eigenvalue weighted by atomic mass is 9.98. The number of amides is 1. The number of aryl methyl sites for hydroxylation is 1. The van der Waals surface area contributed by atoms with Crippen LogP contribution < -0.4 is 5.32 Å². The zero-order chi connectivity index (χ0) is 16.7. The predicted molar refractivity (Wildman–Crippen MR) is 90.0 cm³/mol. The van der Waals surface area contributed by atoms with Crippen LogP contribution in [0.5, 0.6) is 0 Å². The molecule has 0 fully saturated rings. The molecule has 2 N–H and O–H groups in total. The van der Waals surface area contributed by atoms with E-state index in [1.54, 1.807) is 17.3 Å². The fourth-order valence-electron chi connectivity index (χ4n) is 2.38. The van der Waals surface area contributed by atoms with Crippen molar-refractivity contribution in [2.45, 2.75) is 13.0 Å².